The summed E-state index contributed by atoms with van der Waals surface area (Å²) in [5.74, 6) is 4.09. The first-order valence-corrected chi connectivity index (χ1v) is 14.3. The molecule has 4 fully saturated rings. The van der Waals surface area contributed by atoms with Crippen LogP contribution in [0.1, 0.15) is 78.1 Å². The molecular weight excluding hydrogens is 308 g/mol. The molecule has 0 aliphatic heterocycles. The molecule has 4 aliphatic carbocycles. The van der Waals surface area contributed by atoms with E-state index in [0.717, 1.165) is 23.7 Å². The molecule has 4 rings (SSSR count). The Morgan fingerprint density at radius 1 is 0.833 bits per heavy atom. The normalized spacial score (nSPS) is 51.6. The molecule has 0 amide bonds. The van der Waals surface area contributed by atoms with Gasteiger partial charge in [-0.2, -0.15) is 0 Å². The van der Waals surface area contributed by atoms with Gasteiger partial charge in [0, 0.05) is 6.10 Å². The molecule has 0 radical (unpaired) electrons. The fourth-order valence-electron chi connectivity index (χ4n) is 7.82. The minimum absolute atomic E-state index is 0.576. The van der Waals surface area contributed by atoms with Crippen molar-refractivity contribution in [3.8, 4) is 0 Å². The van der Waals surface area contributed by atoms with Crippen molar-refractivity contribution in [2.75, 3.05) is 0 Å². The van der Waals surface area contributed by atoms with Crippen molar-refractivity contribution < 1.29 is 4.43 Å². The van der Waals surface area contributed by atoms with E-state index >= 15 is 0 Å². The highest BCUT2D eigenvalue weighted by atomic mass is 28.4. The van der Waals surface area contributed by atoms with Gasteiger partial charge in [-0.3, -0.25) is 0 Å². The number of fused-ring (bicyclic) bond motifs is 5. The van der Waals surface area contributed by atoms with Crippen molar-refractivity contribution in [3.63, 3.8) is 0 Å². The van der Waals surface area contributed by atoms with Crippen LogP contribution in [0.25, 0.3) is 0 Å². The van der Waals surface area contributed by atoms with Crippen molar-refractivity contribution >= 4 is 8.32 Å². The lowest BCUT2D eigenvalue weighted by Gasteiger charge is -2.60. The Morgan fingerprint density at radius 2 is 1.62 bits per heavy atom. The summed E-state index contributed by atoms with van der Waals surface area (Å²) in [6.07, 6.45) is 15.4. The van der Waals surface area contributed by atoms with Crippen molar-refractivity contribution in [2.24, 2.45) is 34.5 Å². The van der Waals surface area contributed by atoms with E-state index < -0.39 is 8.32 Å². The molecule has 7 atom stereocenters. The summed E-state index contributed by atoms with van der Waals surface area (Å²) in [6, 6.07) is 0. The Kier molecular flexibility index (Phi) is 4.28. The fraction of sp³-hybridized carbons (Fsp3) is 1.00. The second-order valence-corrected chi connectivity index (χ2v) is 15.8. The minimum Gasteiger partial charge on any atom is -0.415 e. The molecule has 0 heterocycles. The van der Waals surface area contributed by atoms with Crippen LogP contribution >= 0.6 is 0 Å². The third-order valence-electron chi connectivity index (χ3n) is 8.92. The highest BCUT2D eigenvalue weighted by Gasteiger charge is 2.57. The maximum atomic E-state index is 6.53. The van der Waals surface area contributed by atoms with Gasteiger partial charge in [-0.05, 0) is 112 Å². The summed E-state index contributed by atoms with van der Waals surface area (Å²) >= 11 is 0. The summed E-state index contributed by atoms with van der Waals surface area (Å²) in [5.41, 5.74) is 1.34. The third kappa shape index (κ3) is 2.84. The van der Waals surface area contributed by atoms with Crippen molar-refractivity contribution in [1.82, 2.24) is 0 Å². The van der Waals surface area contributed by atoms with Gasteiger partial charge in [-0.25, -0.2) is 0 Å². The summed E-state index contributed by atoms with van der Waals surface area (Å²) in [7, 11) is -1.39. The summed E-state index contributed by atoms with van der Waals surface area (Å²) in [6.45, 7) is 12.4. The quantitative estimate of drug-likeness (QED) is 0.508. The highest BCUT2D eigenvalue weighted by Crippen LogP contribution is 2.66. The van der Waals surface area contributed by atoms with E-state index in [0.29, 0.717) is 16.9 Å². The van der Waals surface area contributed by atoms with Gasteiger partial charge >= 0.3 is 0 Å². The Balaban J connectivity index is 1.50. The second kappa shape index (κ2) is 5.84. The van der Waals surface area contributed by atoms with Crippen molar-refractivity contribution in [2.45, 2.75) is 104 Å². The van der Waals surface area contributed by atoms with Crippen molar-refractivity contribution in [1.29, 1.82) is 0 Å². The van der Waals surface area contributed by atoms with Gasteiger partial charge in [-0.1, -0.05) is 20.3 Å². The smallest absolute Gasteiger partial charge is 0.184 e. The first-order valence-electron chi connectivity index (χ1n) is 10.9. The molecule has 4 aliphatic rings. The van der Waals surface area contributed by atoms with E-state index in [2.05, 4.69) is 33.5 Å². The number of hydrogen-bond acceptors (Lipinski definition) is 1. The second-order valence-electron chi connectivity index (χ2n) is 11.4. The average molecular weight is 349 g/mol. The van der Waals surface area contributed by atoms with Gasteiger partial charge in [0.15, 0.2) is 8.32 Å². The molecule has 0 spiro atoms. The van der Waals surface area contributed by atoms with Crippen LogP contribution in [0.3, 0.4) is 0 Å². The van der Waals surface area contributed by atoms with E-state index in [-0.39, 0.29) is 0 Å². The molecule has 7 unspecified atom stereocenters. The molecule has 138 valence electrons. The van der Waals surface area contributed by atoms with E-state index in [1.807, 2.05) is 0 Å². The lowest BCUT2D eigenvalue weighted by molar-refractivity contribution is -0.118. The number of hydrogen-bond donors (Lipinski definition) is 0. The molecule has 0 bridgehead atoms. The molecule has 24 heavy (non-hydrogen) atoms. The SMILES string of the molecule is CC12CCCC1C1CCC3CC(O[Si](C)(C)C)CCC3(C)C1CC2. The molecule has 0 saturated heterocycles. The van der Waals surface area contributed by atoms with Crippen molar-refractivity contribution in [3.05, 3.63) is 0 Å². The van der Waals surface area contributed by atoms with Crippen LogP contribution in [0.4, 0.5) is 0 Å². The molecular formula is C22H40OSi. The van der Waals surface area contributed by atoms with Crippen LogP contribution in [0.15, 0.2) is 0 Å². The molecule has 2 heteroatoms. The Hall–Kier alpha value is 0.177. The molecule has 0 N–H and O–H groups in total. The Morgan fingerprint density at radius 3 is 2.38 bits per heavy atom. The largest absolute Gasteiger partial charge is 0.415 e. The van der Waals surface area contributed by atoms with Gasteiger partial charge in [0.05, 0.1) is 0 Å². The molecule has 4 saturated carbocycles. The highest BCUT2D eigenvalue weighted by molar-refractivity contribution is 6.69. The predicted molar refractivity (Wildman–Crippen MR) is 105 cm³/mol. The lowest BCUT2D eigenvalue weighted by Crippen LogP contribution is -2.53. The lowest BCUT2D eigenvalue weighted by atomic mass is 9.45. The topological polar surface area (TPSA) is 9.23 Å². The van der Waals surface area contributed by atoms with Crippen LogP contribution in [-0.2, 0) is 4.43 Å². The van der Waals surface area contributed by atoms with Crippen LogP contribution < -0.4 is 0 Å². The van der Waals surface area contributed by atoms with Gasteiger partial charge in [0.25, 0.3) is 0 Å². The predicted octanol–water partition coefficient (Wildman–Crippen LogP) is 6.64. The first-order chi connectivity index (χ1) is 11.2. The van der Waals surface area contributed by atoms with Crippen LogP contribution in [0.2, 0.25) is 19.6 Å². The standard InChI is InChI=1S/C22H40OSi/c1-21-12-6-7-19(21)18-9-8-16-15-17(23-24(3,4)5)10-14-22(16,2)20(18)11-13-21/h16-20H,6-15H2,1-5H3. The van der Waals surface area contributed by atoms with Crippen LogP contribution in [0.5, 0.6) is 0 Å². The maximum absolute atomic E-state index is 6.53. The monoisotopic (exact) mass is 348 g/mol. The molecule has 0 aromatic heterocycles. The minimum atomic E-state index is -1.39. The van der Waals surface area contributed by atoms with E-state index in [9.17, 15) is 0 Å². The summed E-state index contributed by atoms with van der Waals surface area (Å²) in [5, 5.41) is 0. The first kappa shape index (κ1) is 17.6. The van der Waals surface area contributed by atoms with E-state index in [1.54, 1.807) is 6.42 Å². The molecule has 1 nitrogen and oxygen atoms in total. The summed E-state index contributed by atoms with van der Waals surface area (Å²) in [4.78, 5) is 0. The fourth-order valence-corrected chi connectivity index (χ4v) is 9.03. The zero-order valence-corrected chi connectivity index (χ0v) is 17.9. The van der Waals surface area contributed by atoms with Gasteiger partial charge in [0.2, 0.25) is 0 Å². The van der Waals surface area contributed by atoms with E-state index in [1.165, 1.54) is 57.8 Å². The van der Waals surface area contributed by atoms with Gasteiger partial charge in [-0.15, -0.1) is 0 Å². The molecule has 0 aromatic rings. The third-order valence-corrected chi connectivity index (χ3v) is 9.96. The van der Waals surface area contributed by atoms with Gasteiger partial charge in [0.1, 0.15) is 0 Å². The van der Waals surface area contributed by atoms with Crippen LogP contribution in [0, 0.1) is 34.5 Å². The summed E-state index contributed by atoms with van der Waals surface area (Å²) < 4.78 is 6.53. The van der Waals surface area contributed by atoms with E-state index in [4.69, 9.17) is 4.43 Å². The number of rotatable bonds is 2. The maximum Gasteiger partial charge on any atom is 0.184 e. The molecule has 0 aromatic carbocycles. The Bertz CT molecular complexity index is 483. The van der Waals surface area contributed by atoms with Gasteiger partial charge < -0.3 is 4.43 Å². The zero-order valence-electron chi connectivity index (χ0n) is 16.9. The Labute approximate surface area is 151 Å². The average Bonchev–Trinajstić information content (AvgIpc) is 2.88. The zero-order chi connectivity index (χ0) is 17.2. The van der Waals surface area contributed by atoms with Crippen LogP contribution in [-0.4, -0.2) is 14.4 Å².